The zero-order chi connectivity index (χ0) is 9.54. The molecule has 0 unspecified atom stereocenters. The van der Waals surface area contributed by atoms with E-state index in [-0.39, 0.29) is 6.04 Å². The van der Waals surface area contributed by atoms with Crippen LogP contribution in [0.3, 0.4) is 0 Å². The van der Waals surface area contributed by atoms with Gasteiger partial charge in [-0.3, -0.25) is 0 Å². The third-order valence-electron chi connectivity index (χ3n) is 3.29. The Bertz CT molecular complexity index is 332. The van der Waals surface area contributed by atoms with Crippen molar-refractivity contribution in [3.05, 3.63) is 11.7 Å². The van der Waals surface area contributed by atoms with Gasteiger partial charge in [-0.1, -0.05) is 11.6 Å². The van der Waals surface area contributed by atoms with Gasteiger partial charge in [-0.15, -0.1) is 0 Å². The summed E-state index contributed by atoms with van der Waals surface area (Å²) in [7, 11) is 0. The summed E-state index contributed by atoms with van der Waals surface area (Å²) >= 11 is 0. The average molecular weight is 193 g/mol. The molecule has 4 heteroatoms. The molecule has 4 nitrogen and oxygen atoms in total. The minimum absolute atomic E-state index is 0.236. The maximum atomic E-state index is 5.99. The second-order valence-corrected chi connectivity index (χ2v) is 4.47. The molecule has 1 heterocycles. The Morgan fingerprint density at radius 2 is 2.07 bits per heavy atom. The van der Waals surface area contributed by atoms with E-state index in [0.717, 1.165) is 24.6 Å². The van der Waals surface area contributed by atoms with E-state index in [4.69, 9.17) is 10.3 Å². The summed E-state index contributed by atoms with van der Waals surface area (Å²) in [6, 6.07) is 0.236. The second-order valence-electron chi connectivity index (χ2n) is 4.47. The van der Waals surface area contributed by atoms with Gasteiger partial charge >= 0.3 is 0 Å². The Kier molecular flexibility index (Phi) is 1.83. The van der Waals surface area contributed by atoms with Crippen molar-refractivity contribution >= 4 is 0 Å². The molecule has 2 fully saturated rings. The van der Waals surface area contributed by atoms with E-state index >= 15 is 0 Å². The standard InChI is InChI=1S/C10H15N3O/c11-8-3-1-2-7(8)9-12-10(14-13-9)6-4-5-6/h6-8H,1-5,11H2/t7-,8-/m0/s1. The molecule has 76 valence electrons. The Morgan fingerprint density at radius 1 is 1.21 bits per heavy atom. The van der Waals surface area contributed by atoms with Crippen LogP contribution >= 0.6 is 0 Å². The van der Waals surface area contributed by atoms with Gasteiger partial charge < -0.3 is 10.3 Å². The summed E-state index contributed by atoms with van der Waals surface area (Å²) < 4.78 is 5.23. The highest BCUT2D eigenvalue weighted by molar-refractivity contribution is 5.07. The third kappa shape index (κ3) is 1.34. The highest BCUT2D eigenvalue weighted by Gasteiger charge is 2.33. The van der Waals surface area contributed by atoms with Crippen LogP contribution < -0.4 is 5.73 Å². The Labute approximate surface area is 82.9 Å². The normalized spacial score (nSPS) is 32.4. The first-order valence-corrected chi connectivity index (χ1v) is 5.43. The first kappa shape index (κ1) is 8.41. The zero-order valence-corrected chi connectivity index (χ0v) is 8.15. The molecular weight excluding hydrogens is 178 g/mol. The lowest BCUT2D eigenvalue weighted by Crippen LogP contribution is -2.23. The SMILES string of the molecule is N[C@H]1CCC[C@@H]1c1noc(C2CC2)n1. The quantitative estimate of drug-likeness (QED) is 0.773. The van der Waals surface area contributed by atoms with Crippen LogP contribution in [0.25, 0.3) is 0 Å². The monoisotopic (exact) mass is 193 g/mol. The predicted octanol–water partition coefficient (Wildman–Crippen LogP) is 1.54. The molecule has 0 amide bonds. The molecule has 2 saturated carbocycles. The van der Waals surface area contributed by atoms with Crippen LogP contribution in [0.15, 0.2) is 4.52 Å². The lowest BCUT2D eigenvalue weighted by atomic mass is 10.0. The number of nitrogens with two attached hydrogens (primary N) is 1. The fourth-order valence-corrected chi connectivity index (χ4v) is 2.20. The maximum absolute atomic E-state index is 5.99. The van der Waals surface area contributed by atoms with Crippen molar-refractivity contribution in [2.45, 2.75) is 50.0 Å². The van der Waals surface area contributed by atoms with Gasteiger partial charge in [0.1, 0.15) is 0 Å². The lowest BCUT2D eigenvalue weighted by molar-refractivity contribution is 0.369. The molecule has 0 aliphatic heterocycles. The Morgan fingerprint density at radius 3 is 2.71 bits per heavy atom. The van der Waals surface area contributed by atoms with Crippen LogP contribution in [-0.2, 0) is 0 Å². The molecule has 3 rings (SSSR count). The van der Waals surface area contributed by atoms with Crippen molar-refractivity contribution in [1.29, 1.82) is 0 Å². The maximum Gasteiger partial charge on any atom is 0.229 e. The van der Waals surface area contributed by atoms with Crippen LogP contribution in [0.4, 0.5) is 0 Å². The summed E-state index contributed by atoms with van der Waals surface area (Å²) in [5.41, 5.74) is 5.99. The summed E-state index contributed by atoms with van der Waals surface area (Å²) in [4.78, 5) is 4.45. The number of rotatable bonds is 2. The molecule has 2 atom stereocenters. The molecule has 14 heavy (non-hydrogen) atoms. The smallest absolute Gasteiger partial charge is 0.229 e. The highest BCUT2D eigenvalue weighted by atomic mass is 16.5. The Hall–Kier alpha value is -0.900. The van der Waals surface area contributed by atoms with Gasteiger partial charge in [-0.05, 0) is 25.7 Å². The number of hydrogen-bond donors (Lipinski definition) is 1. The summed E-state index contributed by atoms with van der Waals surface area (Å²) in [5.74, 6) is 2.57. The van der Waals surface area contributed by atoms with Crippen molar-refractivity contribution in [2.75, 3.05) is 0 Å². The molecule has 0 aromatic carbocycles. The number of hydrogen-bond acceptors (Lipinski definition) is 4. The first-order chi connectivity index (χ1) is 6.84. The number of nitrogens with zero attached hydrogens (tertiary/aromatic N) is 2. The van der Waals surface area contributed by atoms with Gasteiger partial charge in [0.05, 0.1) is 0 Å². The molecule has 2 aliphatic rings. The highest BCUT2D eigenvalue weighted by Crippen LogP contribution is 2.40. The summed E-state index contributed by atoms with van der Waals surface area (Å²) in [6.07, 6.45) is 5.82. The van der Waals surface area contributed by atoms with Gasteiger partial charge in [0.25, 0.3) is 0 Å². The third-order valence-corrected chi connectivity index (χ3v) is 3.29. The van der Waals surface area contributed by atoms with Crippen LogP contribution in [0.5, 0.6) is 0 Å². The zero-order valence-electron chi connectivity index (χ0n) is 8.15. The molecule has 2 N–H and O–H groups in total. The fourth-order valence-electron chi connectivity index (χ4n) is 2.20. The molecule has 1 aromatic heterocycles. The summed E-state index contributed by atoms with van der Waals surface area (Å²) in [6.45, 7) is 0. The van der Waals surface area contributed by atoms with E-state index in [1.165, 1.54) is 19.3 Å². The van der Waals surface area contributed by atoms with Crippen molar-refractivity contribution < 1.29 is 4.52 Å². The van der Waals surface area contributed by atoms with Crippen molar-refractivity contribution in [3.8, 4) is 0 Å². The van der Waals surface area contributed by atoms with Gasteiger partial charge in [0, 0.05) is 17.9 Å². The topological polar surface area (TPSA) is 64.9 Å². The first-order valence-electron chi connectivity index (χ1n) is 5.43. The van der Waals surface area contributed by atoms with Crippen molar-refractivity contribution in [3.63, 3.8) is 0 Å². The van der Waals surface area contributed by atoms with E-state index in [2.05, 4.69) is 10.1 Å². The van der Waals surface area contributed by atoms with Gasteiger partial charge in [-0.2, -0.15) is 4.98 Å². The van der Waals surface area contributed by atoms with Crippen molar-refractivity contribution in [2.24, 2.45) is 5.73 Å². The van der Waals surface area contributed by atoms with Crippen LogP contribution in [0.2, 0.25) is 0 Å². The van der Waals surface area contributed by atoms with Crippen LogP contribution in [0, 0.1) is 0 Å². The minimum atomic E-state index is 0.236. The molecule has 2 aliphatic carbocycles. The van der Waals surface area contributed by atoms with Gasteiger partial charge in [0.15, 0.2) is 5.82 Å². The average Bonchev–Trinajstić information content (AvgIpc) is 2.75. The van der Waals surface area contributed by atoms with Crippen LogP contribution in [0.1, 0.15) is 55.7 Å². The van der Waals surface area contributed by atoms with E-state index in [1.807, 2.05) is 0 Å². The summed E-state index contributed by atoms with van der Waals surface area (Å²) in [5, 5.41) is 4.04. The van der Waals surface area contributed by atoms with E-state index in [9.17, 15) is 0 Å². The molecule has 0 bridgehead atoms. The van der Waals surface area contributed by atoms with Crippen molar-refractivity contribution in [1.82, 2.24) is 10.1 Å². The molecule has 1 aromatic rings. The molecule has 0 spiro atoms. The lowest BCUT2D eigenvalue weighted by Gasteiger charge is -2.09. The number of aromatic nitrogens is 2. The molecule has 0 radical (unpaired) electrons. The van der Waals surface area contributed by atoms with E-state index in [1.54, 1.807) is 0 Å². The van der Waals surface area contributed by atoms with Gasteiger partial charge in [0.2, 0.25) is 5.89 Å². The van der Waals surface area contributed by atoms with E-state index < -0.39 is 0 Å². The predicted molar refractivity (Wildman–Crippen MR) is 50.8 cm³/mol. The Balaban J connectivity index is 1.81. The fraction of sp³-hybridized carbons (Fsp3) is 0.800. The minimum Gasteiger partial charge on any atom is -0.339 e. The molecular formula is C10H15N3O. The van der Waals surface area contributed by atoms with Crippen LogP contribution in [-0.4, -0.2) is 16.2 Å². The largest absolute Gasteiger partial charge is 0.339 e. The second kappa shape index (κ2) is 3.05. The van der Waals surface area contributed by atoms with E-state index in [0.29, 0.717) is 11.8 Å². The molecule has 0 saturated heterocycles. The van der Waals surface area contributed by atoms with Gasteiger partial charge in [-0.25, -0.2) is 0 Å².